The smallest absolute Gasteiger partial charge is 0.238 e. The van der Waals surface area contributed by atoms with Gasteiger partial charge in [0, 0.05) is 20.1 Å². The molecule has 22 heavy (non-hydrogen) atoms. The maximum Gasteiger partial charge on any atom is 0.238 e. The second-order valence-corrected chi connectivity index (χ2v) is 5.76. The Bertz CT molecular complexity index is 567. The van der Waals surface area contributed by atoms with Crippen LogP contribution in [0.15, 0.2) is 0 Å². The Morgan fingerprint density at radius 3 is 2.77 bits per heavy atom. The van der Waals surface area contributed by atoms with Gasteiger partial charge in [-0.05, 0) is 26.7 Å². The Morgan fingerprint density at radius 1 is 1.45 bits per heavy atom. The van der Waals surface area contributed by atoms with Gasteiger partial charge in [0.1, 0.15) is 0 Å². The predicted molar refractivity (Wildman–Crippen MR) is 84.6 cm³/mol. The molecule has 2 N–H and O–H groups in total. The van der Waals surface area contributed by atoms with Gasteiger partial charge in [-0.25, -0.2) is 0 Å². The van der Waals surface area contributed by atoms with Crippen molar-refractivity contribution < 1.29 is 9.59 Å². The summed E-state index contributed by atoms with van der Waals surface area (Å²) in [6.45, 7) is 7.40. The number of nitrogens with one attached hydrogen (secondary N) is 2. The first-order valence-corrected chi connectivity index (χ1v) is 7.75. The molecule has 7 nitrogen and oxygen atoms in total. The lowest BCUT2D eigenvalue weighted by Gasteiger charge is -2.26. The van der Waals surface area contributed by atoms with Crippen LogP contribution in [-0.2, 0) is 16.6 Å². The summed E-state index contributed by atoms with van der Waals surface area (Å²) in [4.78, 5) is 26.3. The second kappa shape index (κ2) is 6.91. The normalized spacial score (nSPS) is 19.6. The zero-order valence-electron chi connectivity index (χ0n) is 13.8. The molecule has 2 amide bonds. The van der Waals surface area contributed by atoms with Gasteiger partial charge in [-0.3, -0.25) is 19.2 Å². The first kappa shape index (κ1) is 16.5. The lowest BCUT2D eigenvalue weighted by atomic mass is 10.1. The van der Waals surface area contributed by atoms with E-state index in [1.807, 2.05) is 32.7 Å². The fraction of sp³-hybridized carbons (Fsp3) is 0.667. The van der Waals surface area contributed by atoms with Crippen molar-refractivity contribution in [1.29, 1.82) is 0 Å². The molecule has 1 saturated heterocycles. The lowest BCUT2D eigenvalue weighted by Crippen LogP contribution is -2.46. The number of aryl methyl sites for hydroxylation is 2. The molecule has 1 aromatic heterocycles. The number of amides is 2. The number of hydrogen-bond donors (Lipinski definition) is 2. The Balaban J connectivity index is 2.05. The van der Waals surface area contributed by atoms with Gasteiger partial charge in [-0.2, -0.15) is 5.10 Å². The summed E-state index contributed by atoms with van der Waals surface area (Å²) in [5.41, 5.74) is 2.49. The third-order valence-electron chi connectivity index (χ3n) is 4.17. The molecule has 1 atom stereocenters. The number of carbonyl (C=O) groups excluding carboxylic acids is 2. The Morgan fingerprint density at radius 2 is 2.18 bits per heavy atom. The highest BCUT2D eigenvalue weighted by Gasteiger charge is 2.28. The summed E-state index contributed by atoms with van der Waals surface area (Å²) in [6.07, 6.45) is 1.56. The standard InChI is InChI=1S/C15H25N5O2/c1-5-12-15(22)16-7-6-8-20(12)9-13(21)17-14-10(2)18-19(4)11(14)3/h12H,5-9H2,1-4H3,(H,16,22)(H,17,21)/t12-/m1/s1. The van der Waals surface area contributed by atoms with Gasteiger partial charge < -0.3 is 10.6 Å². The van der Waals surface area contributed by atoms with E-state index in [-0.39, 0.29) is 24.4 Å². The first-order chi connectivity index (χ1) is 10.4. The topological polar surface area (TPSA) is 79.3 Å². The highest BCUT2D eigenvalue weighted by atomic mass is 16.2. The summed E-state index contributed by atoms with van der Waals surface area (Å²) in [6, 6.07) is -0.232. The summed E-state index contributed by atoms with van der Waals surface area (Å²) in [5.74, 6) is -0.0890. The lowest BCUT2D eigenvalue weighted by molar-refractivity contribution is -0.126. The number of rotatable bonds is 4. The summed E-state index contributed by atoms with van der Waals surface area (Å²) >= 11 is 0. The molecule has 122 valence electrons. The average molecular weight is 307 g/mol. The van der Waals surface area contributed by atoms with Crippen LogP contribution in [0, 0.1) is 13.8 Å². The second-order valence-electron chi connectivity index (χ2n) is 5.76. The highest BCUT2D eigenvalue weighted by molar-refractivity contribution is 5.94. The van der Waals surface area contributed by atoms with E-state index in [1.165, 1.54) is 0 Å². The molecular formula is C15H25N5O2. The van der Waals surface area contributed by atoms with Crippen molar-refractivity contribution in [2.24, 2.45) is 7.05 Å². The zero-order valence-corrected chi connectivity index (χ0v) is 13.8. The molecule has 1 aromatic rings. The molecule has 0 unspecified atom stereocenters. The van der Waals surface area contributed by atoms with Crippen LogP contribution in [0.4, 0.5) is 5.69 Å². The van der Waals surface area contributed by atoms with E-state index >= 15 is 0 Å². The van der Waals surface area contributed by atoms with E-state index in [0.717, 1.165) is 30.0 Å². The third-order valence-corrected chi connectivity index (χ3v) is 4.17. The fourth-order valence-electron chi connectivity index (χ4n) is 2.88. The van der Waals surface area contributed by atoms with Gasteiger partial charge in [-0.1, -0.05) is 6.92 Å². The Hall–Kier alpha value is -1.89. The van der Waals surface area contributed by atoms with Crippen LogP contribution in [0.3, 0.4) is 0 Å². The molecular weight excluding hydrogens is 282 g/mol. The third kappa shape index (κ3) is 3.47. The van der Waals surface area contributed by atoms with E-state index in [2.05, 4.69) is 15.7 Å². The zero-order chi connectivity index (χ0) is 16.3. The SMILES string of the molecule is CC[C@@H]1C(=O)NCCCN1CC(=O)Nc1c(C)nn(C)c1C. The highest BCUT2D eigenvalue weighted by Crippen LogP contribution is 2.18. The Labute approximate surface area is 131 Å². The van der Waals surface area contributed by atoms with Gasteiger partial charge in [0.15, 0.2) is 0 Å². The molecule has 0 spiro atoms. The number of anilines is 1. The van der Waals surface area contributed by atoms with Gasteiger partial charge in [0.05, 0.1) is 29.7 Å². The van der Waals surface area contributed by atoms with Crippen molar-refractivity contribution in [3.05, 3.63) is 11.4 Å². The molecule has 7 heteroatoms. The quantitative estimate of drug-likeness (QED) is 0.852. The maximum absolute atomic E-state index is 12.4. The minimum absolute atomic E-state index is 0.0153. The molecule has 0 aromatic carbocycles. The number of hydrogen-bond acceptors (Lipinski definition) is 4. The first-order valence-electron chi connectivity index (χ1n) is 7.75. The number of carbonyl (C=O) groups is 2. The minimum Gasteiger partial charge on any atom is -0.355 e. The van der Waals surface area contributed by atoms with E-state index < -0.39 is 0 Å². The van der Waals surface area contributed by atoms with E-state index in [1.54, 1.807) is 4.68 Å². The van der Waals surface area contributed by atoms with Crippen molar-refractivity contribution in [3.63, 3.8) is 0 Å². The molecule has 1 fully saturated rings. The van der Waals surface area contributed by atoms with E-state index in [9.17, 15) is 9.59 Å². The minimum atomic E-state index is -0.232. The van der Waals surface area contributed by atoms with Crippen molar-refractivity contribution in [3.8, 4) is 0 Å². The van der Waals surface area contributed by atoms with Crippen molar-refractivity contribution in [1.82, 2.24) is 20.0 Å². The van der Waals surface area contributed by atoms with Crippen LogP contribution in [0.25, 0.3) is 0 Å². The number of aromatic nitrogens is 2. The molecule has 0 radical (unpaired) electrons. The van der Waals surface area contributed by atoms with Gasteiger partial charge in [0.2, 0.25) is 11.8 Å². The molecule has 0 aliphatic carbocycles. The van der Waals surface area contributed by atoms with Crippen LogP contribution in [-0.4, -0.2) is 52.2 Å². The van der Waals surface area contributed by atoms with E-state index in [0.29, 0.717) is 13.0 Å². The largest absolute Gasteiger partial charge is 0.355 e. The van der Waals surface area contributed by atoms with Crippen LogP contribution in [0.1, 0.15) is 31.2 Å². The molecule has 2 heterocycles. The van der Waals surface area contributed by atoms with Crippen molar-refractivity contribution in [2.75, 3.05) is 25.0 Å². The summed E-state index contributed by atoms with van der Waals surface area (Å²) < 4.78 is 1.75. The summed E-state index contributed by atoms with van der Waals surface area (Å²) in [7, 11) is 1.85. The van der Waals surface area contributed by atoms with Crippen molar-refractivity contribution in [2.45, 2.75) is 39.7 Å². The van der Waals surface area contributed by atoms with Crippen molar-refractivity contribution >= 4 is 17.5 Å². The number of nitrogens with zero attached hydrogens (tertiary/aromatic N) is 3. The maximum atomic E-state index is 12.4. The monoisotopic (exact) mass is 307 g/mol. The van der Waals surface area contributed by atoms with Crippen LogP contribution in [0.2, 0.25) is 0 Å². The molecule has 1 aliphatic rings. The van der Waals surface area contributed by atoms with Gasteiger partial charge in [-0.15, -0.1) is 0 Å². The van der Waals surface area contributed by atoms with E-state index in [4.69, 9.17) is 0 Å². The molecule has 2 rings (SSSR count). The van der Waals surface area contributed by atoms with Crippen LogP contribution < -0.4 is 10.6 Å². The average Bonchev–Trinajstić information content (AvgIpc) is 2.63. The van der Waals surface area contributed by atoms with Crippen LogP contribution >= 0.6 is 0 Å². The predicted octanol–water partition coefficient (Wildman–Crippen LogP) is 0.576. The fourth-order valence-corrected chi connectivity index (χ4v) is 2.88. The molecule has 1 aliphatic heterocycles. The molecule has 0 bridgehead atoms. The summed E-state index contributed by atoms with van der Waals surface area (Å²) in [5, 5.41) is 10.1. The van der Waals surface area contributed by atoms with Gasteiger partial charge >= 0.3 is 0 Å². The van der Waals surface area contributed by atoms with Crippen LogP contribution in [0.5, 0.6) is 0 Å². The Kier molecular flexibility index (Phi) is 5.18. The van der Waals surface area contributed by atoms with Gasteiger partial charge in [0.25, 0.3) is 0 Å². The molecule has 0 saturated carbocycles.